The summed E-state index contributed by atoms with van der Waals surface area (Å²) < 4.78 is 0. The summed E-state index contributed by atoms with van der Waals surface area (Å²) in [5.41, 5.74) is 4.25. The lowest BCUT2D eigenvalue weighted by Crippen LogP contribution is -2.45. The Kier molecular flexibility index (Phi) is 4.16. The van der Waals surface area contributed by atoms with Gasteiger partial charge in [0.05, 0.1) is 17.5 Å². The van der Waals surface area contributed by atoms with Crippen molar-refractivity contribution in [3.63, 3.8) is 0 Å². The fourth-order valence-electron chi connectivity index (χ4n) is 5.38. The minimum Gasteiger partial charge on any atom is -0.325 e. The molecule has 0 spiro atoms. The molecule has 0 aromatic heterocycles. The van der Waals surface area contributed by atoms with Crippen molar-refractivity contribution in [3.05, 3.63) is 113 Å². The number of fused-ring (bicyclic) bond motifs is 3. The van der Waals surface area contributed by atoms with Crippen LogP contribution in [0.25, 0.3) is 6.08 Å². The van der Waals surface area contributed by atoms with Gasteiger partial charge in [-0.3, -0.25) is 4.79 Å². The number of hydrogen-bond acceptors (Lipinski definition) is 1. The maximum absolute atomic E-state index is 14.0. The first-order valence-electron chi connectivity index (χ1n) is 10.3. The van der Waals surface area contributed by atoms with Gasteiger partial charge in [0.15, 0.2) is 0 Å². The van der Waals surface area contributed by atoms with Gasteiger partial charge in [0.1, 0.15) is 0 Å². The molecule has 1 aliphatic heterocycles. The Bertz CT molecular complexity index is 1070. The molecule has 2 aliphatic rings. The molecule has 1 amide bonds. The van der Waals surface area contributed by atoms with Gasteiger partial charge < -0.3 is 4.90 Å². The van der Waals surface area contributed by atoms with Crippen LogP contribution in [-0.4, -0.2) is 10.8 Å². The monoisotopic (exact) mass is 379 g/mol. The number of benzene rings is 3. The fraction of sp³-hybridized carbons (Fsp3) is 0.222. The maximum Gasteiger partial charge on any atom is 0.232 e. The highest BCUT2D eigenvalue weighted by Crippen LogP contribution is 2.56. The Morgan fingerprint density at radius 3 is 2.21 bits per heavy atom. The zero-order chi connectivity index (χ0) is 20.0. The van der Waals surface area contributed by atoms with E-state index in [9.17, 15) is 4.79 Å². The van der Waals surface area contributed by atoms with E-state index in [1.54, 1.807) is 0 Å². The zero-order valence-electron chi connectivity index (χ0n) is 16.8. The largest absolute Gasteiger partial charge is 0.325 e. The van der Waals surface area contributed by atoms with Crippen LogP contribution in [0.2, 0.25) is 0 Å². The summed E-state index contributed by atoms with van der Waals surface area (Å²) in [7, 11) is 0. The van der Waals surface area contributed by atoms with Crippen LogP contribution in [0.1, 0.15) is 48.1 Å². The molecule has 5 rings (SSSR count). The van der Waals surface area contributed by atoms with E-state index < -0.39 is 5.54 Å². The Hall–Kier alpha value is -3.13. The molecule has 0 bridgehead atoms. The van der Waals surface area contributed by atoms with Crippen molar-refractivity contribution in [1.29, 1.82) is 0 Å². The van der Waals surface area contributed by atoms with Crippen LogP contribution in [0.5, 0.6) is 0 Å². The Morgan fingerprint density at radius 2 is 1.48 bits per heavy atom. The fourth-order valence-corrected chi connectivity index (χ4v) is 5.38. The smallest absolute Gasteiger partial charge is 0.232 e. The number of rotatable bonds is 3. The molecular formula is C27H25NO. The van der Waals surface area contributed by atoms with Gasteiger partial charge in [-0.2, -0.15) is 0 Å². The molecule has 0 radical (unpaired) electrons. The predicted molar refractivity (Wildman–Crippen MR) is 117 cm³/mol. The van der Waals surface area contributed by atoms with Crippen LogP contribution in [0.15, 0.2) is 91.0 Å². The van der Waals surface area contributed by atoms with Crippen molar-refractivity contribution < 1.29 is 4.79 Å². The summed E-state index contributed by atoms with van der Waals surface area (Å²) in [5, 5.41) is 0. The van der Waals surface area contributed by atoms with Crippen molar-refractivity contribution in [2.45, 2.75) is 31.3 Å². The molecule has 4 atom stereocenters. The molecule has 1 heterocycles. The first-order valence-corrected chi connectivity index (χ1v) is 10.3. The van der Waals surface area contributed by atoms with E-state index in [2.05, 4.69) is 91.6 Å². The minimum absolute atomic E-state index is 0.0138. The van der Waals surface area contributed by atoms with Gasteiger partial charge in [0.2, 0.25) is 5.91 Å². The highest BCUT2D eigenvalue weighted by Gasteiger charge is 2.58. The van der Waals surface area contributed by atoms with Crippen LogP contribution in [0, 0.1) is 5.92 Å². The van der Waals surface area contributed by atoms with E-state index in [0.29, 0.717) is 0 Å². The van der Waals surface area contributed by atoms with Gasteiger partial charge in [-0.1, -0.05) is 97.1 Å². The number of hydrogen-bond donors (Lipinski definition) is 0. The van der Waals surface area contributed by atoms with Gasteiger partial charge in [0, 0.05) is 5.92 Å². The SMILES string of the molecule is C[C@@H](c1ccccc1)N1C(=O)[C@H]2c3ccccc3C=C[C@H]2[C@]1(C)c1ccccc1. The second-order valence-corrected chi connectivity index (χ2v) is 8.30. The molecule has 2 nitrogen and oxygen atoms in total. The lowest BCUT2D eigenvalue weighted by molar-refractivity contribution is -0.134. The molecule has 1 fully saturated rings. The molecule has 3 aromatic rings. The second-order valence-electron chi connectivity index (χ2n) is 8.30. The van der Waals surface area contributed by atoms with E-state index in [1.165, 1.54) is 11.1 Å². The number of amides is 1. The molecule has 1 aliphatic carbocycles. The molecule has 2 heteroatoms. The van der Waals surface area contributed by atoms with Gasteiger partial charge >= 0.3 is 0 Å². The van der Waals surface area contributed by atoms with Crippen LogP contribution in [0.3, 0.4) is 0 Å². The van der Waals surface area contributed by atoms with Gasteiger partial charge in [-0.15, -0.1) is 0 Å². The summed E-state index contributed by atoms with van der Waals surface area (Å²) >= 11 is 0. The summed E-state index contributed by atoms with van der Waals surface area (Å²) in [6.07, 6.45) is 4.46. The highest BCUT2D eigenvalue weighted by atomic mass is 16.2. The van der Waals surface area contributed by atoms with Crippen LogP contribution < -0.4 is 0 Å². The lowest BCUT2D eigenvalue weighted by atomic mass is 9.71. The highest BCUT2D eigenvalue weighted by molar-refractivity contribution is 5.91. The molecule has 29 heavy (non-hydrogen) atoms. The first kappa shape index (κ1) is 17.9. The van der Waals surface area contributed by atoms with E-state index in [4.69, 9.17) is 0 Å². The average molecular weight is 380 g/mol. The number of likely N-dealkylation sites (tertiary alicyclic amines) is 1. The van der Waals surface area contributed by atoms with Crippen molar-refractivity contribution in [2.24, 2.45) is 5.92 Å². The molecule has 144 valence electrons. The molecule has 0 saturated carbocycles. The first-order chi connectivity index (χ1) is 14.1. The molecular weight excluding hydrogens is 354 g/mol. The molecule has 0 unspecified atom stereocenters. The van der Waals surface area contributed by atoms with E-state index in [0.717, 1.165) is 11.1 Å². The number of carbonyl (C=O) groups is 1. The third-order valence-electron chi connectivity index (χ3n) is 6.85. The van der Waals surface area contributed by atoms with Crippen LogP contribution in [-0.2, 0) is 10.3 Å². The number of carbonyl (C=O) groups excluding carboxylic acids is 1. The predicted octanol–water partition coefficient (Wildman–Crippen LogP) is 5.93. The third kappa shape index (κ3) is 2.59. The van der Waals surface area contributed by atoms with Gasteiger partial charge in [0.25, 0.3) is 0 Å². The van der Waals surface area contributed by atoms with E-state index in [-0.39, 0.29) is 23.8 Å². The Morgan fingerprint density at radius 1 is 0.862 bits per heavy atom. The third-order valence-corrected chi connectivity index (χ3v) is 6.85. The maximum atomic E-state index is 14.0. The molecule has 1 saturated heterocycles. The van der Waals surface area contributed by atoms with Crippen LogP contribution in [0.4, 0.5) is 0 Å². The summed E-state index contributed by atoms with van der Waals surface area (Å²) in [6.45, 7) is 4.39. The average Bonchev–Trinajstić information content (AvgIpc) is 3.02. The van der Waals surface area contributed by atoms with Gasteiger partial charge in [-0.25, -0.2) is 0 Å². The van der Waals surface area contributed by atoms with Crippen molar-refractivity contribution in [3.8, 4) is 0 Å². The van der Waals surface area contributed by atoms with E-state index >= 15 is 0 Å². The lowest BCUT2D eigenvalue weighted by Gasteiger charge is -2.43. The molecule has 0 N–H and O–H groups in total. The quantitative estimate of drug-likeness (QED) is 0.552. The summed E-state index contributed by atoms with van der Waals surface area (Å²) in [5.74, 6) is 0.167. The summed E-state index contributed by atoms with van der Waals surface area (Å²) in [4.78, 5) is 16.1. The normalized spacial score (nSPS) is 26.1. The summed E-state index contributed by atoms with van der Waals surface area (Å²) in [6, 6.07) is 29.2. The minimum atomic E-state index is -0.414. The second kappa shape index (κ2) is 6.73. The van der Waals surface area contributed by atoms with E-state index in [1.807, 2.05) is 24.3 Å². The van der Waals surface area contributed by atoms with Crippen molar-refractivity contribution in [1.82, 2.24) is 4.90 Å². The van der Waals surface area contributed by atoms with Crippen LogP contribution >= 0.6 is 0 Å². The molecule has 3 aromatic carbocycles. The van der Waals surface area contributed by atoms with Crippen molar-refractivity contribution in [2.75, 3.05) is 0 Å². The topological polar surface area (TPSA) is 20.3 Å². The van der Waals surface area contributed by atoms with Crippen molar-refractivity contribution >= 4 is 12.0 Å². The zero-order valence-corrected chi connectivity index (χ0v) is 16.8. The Labute approximate surface area is 172 Å². The standard InChI is InChI=1S/C27H25NO/c1-19(20-11-5-3-6-12-20)28-26(29)25-23-16-10-9-13-21(23)17-18-24(25)27(28,2)22-14-7-4-8-15-22/h3-19,24-25H,1-2H3/t19-,24+,25-,27-/m0/s1. The van der Waals surface area contributed by atoms with Gasteiger partial charge in [-0.05, 0) is 36.1 Å². The number of nitrogens with zero attached hydrogens (tertiary/aromatic N) is 1. The Balaban J connectivity index is 1.71.